The molecule has 7 heteroatoms. The van der Waals surface area contributed by atoms with Crippen LogP contribution in [-0.4, -0.2) is 44.7 Å². The summed E-state index contributed by atoms with van der Waals surface area (Å²) in [5, 5.41) is 10.1. The maximum atomic E-state index is 12.8. The molecule has 1 aliphatic rings. The molecule has 0 spiro atoms. The number of hydrogen-bond acceptors (Lipinski definition) is 5. The van der Waals surface area contributed by atoms with Gasteiger partial charge in [-0.1, -0.05) is 41.6 Å². The molecule has 0 bridgehead atoms. The van der Waals surface area contributed by atoms with Gasteiger partial charge in [0, 0.05) is 25.6 Å². The smallest absolute Gasteiger partial charge is 0.276 e. The molecule has 4 rings (SSSR count). The molecule has 1 atom stereocenters. The molecule has 3 heterocycles. The van der Waals surface area contributed by atoms with Crippen molar-refractivity contribution in [1.82, 2.24) is 19.9 Å². The minimum Gasteiger partial charge on any atom is -0.336 e. The zero-order valence-corrected chi connectivity index (χ0v) is 16.3. The number of piperidine rings is 1. The molecule has 1 saturated heterocycles. The van der Waals surface area contributed by atoms with E-state index < -0.39 is 0 Å². The lowest BCUT2D eigenvalue weighted by molar-refractivity contribution is 0.0633. The van der Waals surface area contributed by atoms with Gasteiger partial charge in [-0.05, 0) is 36.3 Å². The Morgan fingerprint density at radius 3 is 2.79 bits per heavy atom. The zero-order valence-electron chi connectivity index (χ0n) is 15.5. The number of carbonyl (C=O) groups excluding carboxylic acids is 2. The van der Waals surface area contributed by atoms with Gasteiger partial charge in [0.1, 0.15) is 0 Å². The zero-order chi connectivity index (χ0) is 19.3. The van der Waals surface area contributed by atoms with E-state index in [0.717, 1.165) is 24.1 Å². The number of amides is 1. The Morgan fingerprint density at radius 1 is 1.14 bits per heavy atom. The van der Waals surface area contributed by atoms with Crippen LogP contribution >= 0.6 is 11.3 Å². The summed E-state index contributed by atoms with van der Waals surface area (Å²) in [6, 6.07) is 13.9. The summed E-state index contributed by atoms with van der Waals surface area (Å²) in [5.41, 5.74) is 1.56. The molecule has 0 N–H and O–H groups in total. The number of aryl methyl sites for hydroxylation is 2. The van der Waals surface area contributed by atoms with Crippen molar-refractivity contribution in [3.05, 3.63) is 70.2 Å². The molecule has 1 fully saturated rings. The normalized spacial score (nSPS) is 16.9. The highest BCUT2D eigenvalue weighted by Crippen LogP contribution is 2.24. The largest absolute Gasteiger partial charge is 0.336 e. The quantitative estimate of drug-likeness (QED) is 0.602. The topological polar surface area (TPSA) is 68.1 Å². The molecular formula is C21H22N4O2S. The number of aromatic nitrogens is 3. The Morgan fingerprint density at radius 2 is 2.00 bits per heavy atom. The van der Waals surface area contributed by atoms with Crippen LogP contribution in [0.25, 0.3) is 0 Å². The Kier molecular flexibility index (Phi) is 5.62. The van der Waals surface area contributed by atoms with Crippen molar-refractivity contribution in [2.75, 3.05) is 13.1 Å². The number of rotatable bonds is 6. The van der Waals surface area contributed by atoms with Crippen molar-refractivity contribution in [1.29, 1.82) is 0 Å². The van der Waals surface area contributed by atoms with Crippen molar-refractivity contribution in [2.24, 2.45) is 5.92 Å². The van der Waals surface area contributed by atoms with Gasteiger partial charge in [-0.15, -0.1) is 16.4 Å². The first-order valence-corrected chi connectivity index (χ1v) is 10.4. The van der Waals surface area contributed by atoms with Gasteiger partial charge in [0.2, 0.25) is 0 Å². The third-order valence-electron chi connectivity index (χ3n) is 5.07. The molecule has 1 aromatic carbocycles. The second-order valence-electron chi connectivity index (χ2n) is 7.03. The van der Waals surface area contributed by atoms with E-state index in [-0.39, 0.29) is 17.6 Å². The fraction of sp³-hybridized carbons (Fsp3) is 0.333. The SMILES string of the molecule is O=C(c1cccs1)[C@@H]1CCCN(C(=O)c2cn(CCc3ccccc3)nn2)C1. The minimum absolute atomic E-state index is 0.135. The average Bonchev–Trinajstić information content (AvgIpc) is 3.44. The number of thiophene rings is 1. The van der Waals surface area contributed by atoms with Crippen LogP contribution in [-0.2, 0) is 13.0 Å². The molecule has 6 nitrogen and oxygen atoms in total. The molecule has 3 aromatic rings. The van der Waals surface area contributed by atoms with E-state index in [4.69, 9.17) is 0 Å². The molecular weight excluding hydrogens is 372 g/mol. The maximum absolute atomic E-state index is 12.8. The molecule has 2 aromatic heterocycles. The van der Waals surface area contributed by atoms with Crippen LogP contribution in [0.2, 0.25) is 0 Å². The van der Waals surface area contributed by atoms with E-state index in [1.165, 1.54) is 16.9 Å². The van der Waals surface area contributed by atoms with E-state index in [0.29, 0.717) is 25.3 Å². The first kappa shape index (κ1) is 18.6. The Labute approximate surface area is 167 Å². The summed E-state index contributed by atoms with van der Waals surface area (Å²) < 4.78 is 1.71. The number of carbonyl (C=O) groups is 2. The predicted octanol–water partition coefficient (Wildman–Crippen LogP) is 3.32. The number of Topliss-reactive ketones (excluding diaryl/α,β-unsaturated/α-hetero) is 1. The summed E-state index contributed by atoms with van der Waals surface area (Å²) in [6.45, 7) is 1.78. The Balaban J connectivity index is 1.37. The van der Waals surface area contributed by atoms with E-state index >= 15 is 0 Å². The summed E-state index contributed by atoms with van der Waals surface area (Å²) >= 11 is 1.46. The first-order valence-electron chi connectivity index (χ1n) is 9.52. The number of hydrogen-bond donors (Lipinski definition) is 0. The Hall–Kier alpha value is -2.80. The third kappa shape index (κ3) is 4.20. The van der Waals surface area contributed by atoms with Crippen LogP contribution in [0, 0.1) is 5.92 Å². The van der Waals surface area contributed by atoms with Gasteiger partial charge in [0.05, 0.1) is 11.1 Å². The fourth-order valence-corrected chi connectivity index (χ4v) is 4.30. The van der Waals surface area contributed by atoms with Crippen molar-refractivity contribution < 1.29 is 9.59 Å². The van der Waals surface area contributed by atoms with Gasteiger partial charge in [-0.2, -0.15) is 0 Å². The van der Waals surface area contributed by atoms with E-state index in [2.05, 4.69) is 22.4 Å². The summed E-state index contributed by atoms with van der Waals surface area (Å²) in [4.78, 5) is 28.0. The van der Waals surface area contributed by atoms with Gasteiger partial charge in [-0.3, -0.25) is 14.3 Å². The van der Waals surface area contributed by atoms with Crippen LogP contribution in [0.1, 0.15) is 38.6 Å². The molecule has 144 valence electrons. The monoisotopic (exact) mass is 394 g/mol. The second kappa shape index (κ2) is 8.48. The van der Waals surface area contributed by atoms with Crippen molar-refractivity contribution in [3.8, 4) is 0 Å². The summed E-state index contributed by atoms with van der Waals surface area (Å²) in [7, 11) is 0. The van der Waals surface area contributed by atoms with Crippen LogP contribution in [0.15, 0.2) is 54.0 Å². The predicted molar refractivity (Wildman–Crippen MR) is 107 cm³/mol. The van der Waals surface area contributed by atoms with Crippen molar-refractivity contribution >= 4 is 23.0 Å². The van der Waals surface area contributed by atoms with Gasteiger partial charge in [0.25, 0.3) is 5.91 Å². The average molecular weight is 395 g/mol. The first-order chi connectivity index (χ1) is 13.7. The van der Waals surface area contributed by atoms with Crippen molar-refractivity contribution in [3.63, 3.8) is 0 Å². The lowest BCUT2D eigenvalue weighted by Crippen LogP contribution is -2.42. The molecule has 1 amide bonds. The van der Waals surface area contributed by atoms with Gasteiger partial charge in [0.15, 0.2) is 11.5 Å². The lowest BCUT2D eigenvalue weighted by Gasteiger charge is -2.31. The maximum Gasteiger partial charge on any atom is 0.276 e. The summed E-state index contributed by atoms with van der Waals surface area (Å²) in [6.07, 6.45) is 4.19. The number of likely N-dealkylation sites (tertiary alicyclic amines) is 1. The summed E-state index contributed by atoms with van der Waals surface area (Å²) in [5.74, 6) is -0.141. The fourth-order valence-electron chi connectivity index (χ4n) is 3.55. The molecule has 0 saturated carbocycles. The van der Waals surface area contributed by atoms with Gasteiger partial charge >= 0.3 is 0 Å². The lowest BCUT2D eigenvalue weighted by atomic mass is 9.93. The highest BCUT2D eigenvalue weighted by atomic mass is 32.1. The van der Waals surface area contributed by atoms with Crippen LogP contribution in [0.5, 0.6) is 0 Å². The molecule has 0 aliphatic carbocycles. The van der Waals surface area contributed by atoms with Gasteiger partial charge in [-0.25, -0.2) is 0 Å². The minimum atomic E-state index is -0.144. The molecule has 0 unspecified atom stereocenters. The van der Waals surface area contributed by atoms with E-state index in [1.54, 1.807) is 15.8 Å². The molecule has 1 aliphatic heterocycles. The number of benzene rings is 1. The second-order valence-corrected chi connectivity index (χ2v) is 7.98. The number of ketones is 1. The number of nitrogens with zero attached hydrogens (tertiary/aromatic N) is 4. The Bertz CT molecular complexity index is 936. The highest BCUT2D eigenvalue weighted by Gasteiger charge is 2.30. The van der Waals surface area contributed by atoms with Crippen LogP contribution < -0.4 is 0 Å². The third-order valence-corrected chi connectivity index (χ3v) is 5.96. The van der Waals surface area contributed by atoms with Gasteiger partial charge < -0.3 is 4.90 Å². The van der Waals surface area contributed by atoms with E-state index in [1.807, 2.05) is 35.7 Å². The standard InChI is InChI=1S/C21H22N4O2S/c26-20(19-9-5-13-28-19)17-8-4-11-24(14-17)21(27)18-15-25(23-22-18)12-10-16-6-2-1-3-7-16/h1-3,5-7,9,13,15,17H,4,8,10-12,14H2/t17-/m1/s1. The van der Waals surface area contributed by atoms with Crippen molar-refractivity contribution in [2.45, 2.75) is 25.8 Å². The van der Waals surface area contributed by atoms with E-state index in [9.17, 15) is 9.59 Å². The van der Waals surface area contributed by atoms with Crippen LogP contribution in [0.4, 0.5) is 0 Å². The molecule has 28 heavy (non-hydrogen) atoms. The van der Waals surface area contributed by atoms with Crippen LogP contribution in [0.3, 0.4) is 0 Å². The highest BCUT2D eigenvalue weighted by molar-refractivity contribution is 7.12. The molecule has 0 radical (unpaired) electrons.